The molecule has 24 aromatic rings. The summed E-state index contributed by atoms with van der Waals surface area (Å²) < 4.78 is 64.3. The third-order valence-corrected chi connectivity index (χ3v) is 28.0. The Labute approximate surface area is 849 Å². The second-order valence-electron chi connectivity index (χ2n) is 38.1. The van der Waals surface area contributed by atoms with Crippen molar-refractivity contribution in [3.8, 4) is 135 Å². The summed E-state index contributed by atoms with van der Waals surface area (Å²) in [5.41, 5.74) is 30.4. The number of fused-ring (bicyclic) bond motifs is 8. The number of hydrogen-bond donors (Lipinski definition) is 8. The first kappa shape index (κ1) is 92.4. The molecule has 16 aromatic heterocycles. The number of aromatic nitrogens is 24. The molecule has 8 aromatic carbocycles. The molecule has 0 saturated carbocycles. The van der Waals surface area contributed by atoms with Crippen LogP contribution in [0.25, 0.3) is 223 Å². The molecule has 29 nitrogen and oxygen atoms in total. The van der Waals surface area contributed by atoms with E-state index in [0.29, 0.717) is 65.6 Å². The van der Waals surface area contributed by atoms with Crippen LogP contribution in [-0.4, -0.2) is 206 Å². The number of halogens is 4. The molecule has 0 unspecified atom stereocenters. The van der Waals surface area contributed by atoms with Crippen LogP contribution in [-0.2, 0) is 30.9 Å². The van der Waals surface area contributed by atoms with E-state index in [-0.39, 0.29) is 23.3 Å². The van der Waals surface area contributed by atoms with Gasteiger partial charge in [0, 0.05) is 180 Å². The molecular formula is C116H96F4N28O. The first-order chi connectivity index (χ1) is 73.3. The van der Waals surface area contributed by atoms with Crippen LogP contribution in [0.4, 0.5) is 17.6 Å². The molecule has 0 aliphatic carbocycles. The van der Waals surface area contributed by atoms with Gasteiger partial charge in [-0.05, 0) is 261 Å². The average Bonchev–Trinajstić information content (AvgIpc) is 1.63. The molecule has 28 rings (SSSR count). The minimum atomic E-state index is -0.257. The maximum Gasteiger partial charge on any atom is 0.181 e. The van der Waals surface area contributed by atoms with Crippen molar-refractivity contribution in [3.63, 3.8) is 0 Å². The number of rotatable bonds is 20. The highest BCUT2D eigenvalue weighted by Gasteiger charge is 2.27. The van der Waals surface area contributed by atoms with Crippen molar-refractivity contribution in [3.05, 3.63) is 338 Å². The Morgan fingerprint density at radius 2 is 0.510 bits per heavy atom. The standard InChI is InChI=1S/C30H26FN7.C29H24FN7O.C29H24FN7.C28H22FN7/c31-23-13-19(18-38-10-2-1-3-11-38)12-21(14-23)24-7-4-8-26-27(24)35-30(34-26)28-25-15-22(17-33-29(25)37-36-28)20-6-5-9-32-16-20;30-22-12-18(17-37-7-9-38-10-8-37)11-20(13-22)23-4-1-5-25-26(23)34-29(33-25)27-24-14-21(16-32-28(24)36-35-27)19-3-2-6-31-15-19;30-22-12-18(17-37-9-1-2-10-37)11-20(13-22)23-6-3-7-25-26(23)34-29(33-25)27-24-14-21(16-32-28(24)36-35-27)19-5-4-8-31-15-19;29-21-11-17(16-36-8-3-9-36)10-19(12-21)22-5-1-6-24-25(22)33-28(32-24)26-23-13-20(15-31-27(23)35-34-26)18-4-2-7-30-14-18/h4-9,12-17H,1-3,10-11,18H2,(H,34,35)(H,33,36,37);1-6,11-16H,7-10,17H2,(H,33,34)(H,32,35,36);3-8,11-16H,1-2,9-10,17H2,(H,33,34)(H,32,35,36);1-2,4-7,10-15H,3,8-9,16H2,(H,32,33)(H,31,34,35). The topological polar surface area (TPSA) is 355 Å². The van der Waals surface area contributed by atoms with Crippen molar-refractivity contribution in [1.82, 2.24) is 140 Å². The smallest absolute Gasteiger partial charge is 0.181 e. The lowest BCUT2D eigenvalue weighted by atomic mass is 10.0. The molecule has 4 fully saturated rings. The SMILES string of the molecule is Fc1cc(CN2CCC2)cc(-c2cccc3[nH]c(-c4[nH]nc5ncc(-c6cccnc6)cc45)nc23)c1.Fc1cc(CN2CCCC2)cc(-c2cccc3[nH]c(-c4[nH]nc5ncc(-c6cccnc6)cc45)nc23)c1.Fc1cc(CN2CCCCC2)cc(-c2cccc3[nH]c(-c4[nH]nc5ncc(-c6cccnc6)cc45)nc23)c1.Fc1cc(CN2CCOCC2)cc(-c2cccc3[nH]c(-c4[nH]nc5ncc(-c6cccnc6)cc45)nc23)c1. The number of hydrogen-bond acceptors (Lipinski definition) is 21. The molecular weight excluding hydrogens is 1880 g/mol. The maximum atomic E-state index is 14.8. The second kappa shape index (κ2) is 40.7. The zero-order valence-corrected chi connectivity index (χ0v) is 80.7. The molecule has 149 heavy (non-hydrogen) atoms. The van der Waals surface area contributed by atoms with Crippen LogP contribution in [0, 0.1) is 23.3 Å². The number of piperidine rings is 1. The highest BCUT2D eigenvalue weighted by molar-refractivity contribution is 6.03. The number of nitrogens with zero attached hydrogens (tertiary/aromatic N) is 20. The van der Waals surface area contributed by atoms with E-state index in [4.69, 9.17) is 24.7 Å². The van der Waals surface area contributed by atoms with Crippen LogP contribution in [0.3, 0.4) is 0 Å². The van der Waals surface area contributed by atoms with Crippen LogP contribution < -0.4 is 0 Å². The lowest BCUT2D eigenvalue weighted by molar-refractivity contribution is 0.0341. The minimum absolute atomic E-state index is 0.226. The van der Waals surface area contributed by atoms with Gasteiger partial charge in [-0.2, -0.15) is 20.4 Å². The quantitative estimate of drug-likeness (QED) is 0.0329. The van der Waals surface area contributed by atoms with Gasteiger partial charge in [0.25, 0.3) is 0 Å². The van der Waals surface area contributed by atoms with Gasteiger partial charge in [-0.3, -0.25) is 59.9 Å². The van der Waals surface area contributed by atoms with Crippen LogP contribution in [0.1, 0.15) is 60.8 Å². The molecule has 4 aliphatic heterocycles. The second-order valence-corrected chi connectivity index (χ2v) is 38.1. The monoisotopic (exact) mass is 1970 g/mol. The summed E-state index contributed by atoms with van der Waals surface area (Å²) in [4.78, 5) is 77.8. The van der Waals surface area contributed by atoms with Gasteiger partial charge in [-0.1, -0.05) is 79.2 Å². The van der Waals surface area contributed by atoms with Crippen molar-refractivity contribution < 1.29 is 22.3 Å². The Hall–Kier alpha value is -17.8. The van der Waals surface area contributed by atoms with E-state index in [1.807, 2.05) is 170 Å². The fraction of sp³-hybridized carbons (Fsp3) is 0.172. The van der Waals surface area contributed by atoms with Gasteiger partial charge in [0.05, 0.1) is 78.9 Å². The molecule has 8 N–H and O–H groups in total. The van der Waals surface area contributed by atoms with Gasteiger partial charge in [0.15, 0.2) is 45.9 Å². The zero-order valence-electron chi connectivity index (χ0n) is 80.7. The van der Waals surface area contributed by atoms with Gasteiger partial charge in [0.1, 0.15) is 46.0 Å². The number of imidazole rings is 4. The first-order valence-corrected chi connectivity index (χ1v) is 50.0. The summed E-state index contributed by atoms with van der Waals surface area (Å²) in [7, 11) is 0. The normalized spacial score (nSPS) is 14.3. The predicted octanol–water partition coefficient (Wildman–Crippen LogP) is 23.1. The van der Waals surface area contributed by atoms with Crippen molar-refractivity contribution in [2.75, 3.05) is 65.6 Å². The minimum Gasteiger partial charge on any atom is -0.379 e. The van der Waals surface area contributed by atoms with E-state index in [1.54, 1.807) is 98.1 Å². The molecule has 20 heterocycles. The number of H-pyrrole nitrogens is 8. The number of para-hydroxylation sites is 4. The molecule has 0 atom stereocenters. The van der Waals surface area contributed by atoms with Crippen LogP contribution in [0.2, 0.25) is 0 Å². The van der Waals surface area contributed by atoms with E-state index >= 15 is 0 Å². The Bertz CT molecular complexity index is 8770. The van der Waals surface area contributed by atoms with Crippen molar-refractivity contribution in [2.24, 2.45) is 0 Å². The lowest BCUT2D eigenvalue weighted by Crippen LogP contribution is -2.36. The summed E-state index contributed by atoms with van der Waals surface area (Å²) in [6, 6.07) is 68.7. The van der Waals surface area contributed by atoms with Gasteiger partial charge in [-0.25, -0.2) is 57.4 Å². The summed E-state index contributed by atoms with van der Waals surface area (Å²) in [6.45, 7) is 12.5. The fourth-order valence-electron chi connectivity index (χ4n) is 20.6. The average molecular weight is 1970 g/mol. The molecule has 0 bridgehead atoms. The number of ether oxygens (including phenoxy) is 1. The van der Waals surface area contributed by atoms with Crippen molar-refractivity contribution >= 4 is 88.3 Å². The number of morpholine rings is 1. The molecule has 734 valence electrons. The third kappa shape index (κ3) is 19.5. The van der Waals surface area contributed by atoms with Crippen molar-refractivity contribution in [2.45, 2.75) is 64.7 Å². The number of aromatic amines is 8. The summed E-state index contributed by atoms with van der Waals surface area (Å²) in [5, 5.41) is 33.4. The van der Waals surface area contributed by atoms with Crippen LogP contribution in [0.5, 0.6) is 0 Å². The highest BCUT2D eigenvalue weighted by atomic mass is 19.1. The molecule has 0 radical (unpaired) electrons. The van der Waals surface area contributed by atoms with Gasteiger partial charge < -0.3 is 24.7 Å². The maximum absolute atomic E-state index is 14.8. The van der Waals surface area contributed by atoms with E-state index in [0.717, 1.165) is 272 Å². The van der Waals surface area contributed by atoms with Crippen molar-refractivity contribution in [1.29, 1.82) is 0 Å². The number of pyridine rings is 8. The predicted molar refractivity (Wildman–Crippen MR) is 570 cm³/mol. The number of nitrogens with one attached hydrogen (secondary N) is 8. The Morgan fingerprint density at radius 3 is 0.765 bits per heavy atom. The zero-order chi connectivity index (χ0) is 99.8. The molecule has 33 heteroatoms. The molecule has 4 aliphatic rings. The van der Waals surface area contributed by atoms with E-state index in [2.05, 4.69) is 144 Å². The molecule has 4 saturated heterocycles. The summed E-state index contributed by atoms with van der Waals surface area (Å²) in [5.74, 6) is 1.67. The van der Waals surface area contributed by atoms with E-state index in [9.17, 15) is 17.6 Å². The largest absolute Gasteiger partial charge is 0.379 e. The third-order valence-electron chi connectivity index (χ3n) is 28.0. The summed E-state index contributed by atoms with van der Waals surface area (Å²) in [6.07, 6.45) is 28.7. The Balaban J connectivity index is 0.000000103. The van der Waals surface area contributed by atoms with Gasteiger partial charge in [0.2, 0.25) is 0 Å². The van der Waals surface area contributed by atoms with Gasteiger partial charge in [-0.15, -0.1) is 0 Å². The van der Waals surface area contributed by atoms with Gasteiger partial charge >= 0.3 is 0 Å². The van der Waals surface area contributed by atoms with E-state index < -0.39 is 0 Å². The number of likely N-dealkylation sites (tertiary alicyclic amines) is 3. The highest BCUT2D eigenvalue weighted by Crippen LogP contribution is 2.42. The lowest BCUT2D eigenvalue weighted by Gasteiger charge is -2.30. The Kier molecular flexibility index (Phi) is 25.2. The Morgan fingerprint density at radius 1 is 0.248 bits per heavy atom. The summed E-state index contributed by atoms with van der Waals surface area (Å²) >= 11 is 0. The first-order valence-electron chi connectivity index (χ1n) is 50.0. The van der Waals surface area contributed by atoms with Crippen LogP contribution >= 0.6 is 0 Å². The fourth-order valence-corrected chi connectivity index (χ4v) is 20.6. The molecule has 0 amide bonds. The van der Waals surface area contributed by atoms with E-state index in [1.165, 1.54) is 38.5 Å². The molecule has 0 spiro atoms. The number of benzene rings is 8. The van der Waals surface area contributed by atoms with Crippen LogP contribution in [0.15, 0.2) is 293 Å².